The summed E-state index contributed by atoms with van der Waals surface area (Å²) in [4.78, 5) is 22.8. The molecule has 0 aliphatic carbocycles. The summed E-state index contributed by atoms with van der Waals surface area (Å²) < 4.78 is 13.2. The second kappa shape index (κ2) is 5.49. The van der Waals surface area contributed by atoms with E-state index in [0.717, 1.165) is 18.2 Å². The third kappa shape index (κ3) is 2.92. The highest BCUT2D eigenvalue weighted by Crippen LogP contribution is 2.27. The molecule has 0 heterocycles. The van der Waals surface area contributed by atoms with Crippen molar-refractivity contribution < 1.29 is 29.3 Å². The van der Waals surface area contributed by atoms with Gasteiger partial charge < -0.3 is 20.6 Å². The number of hydrogen-bond donors (Lipinski definition) is 4. The van der Waals surface area contributed by atoms with Crippen molar-refractivity contribution in [2.75, 3.05) is 5.32 Å². The molecular weight excluding hydrogens is 281 g/mol. The zero-order valence-corrected chi connectivity index (χ0v) is 10.5. The summed E-state index contributed by atoms with van der Waals surface area (Å²) in [6, 6.07) is 6.76. The number of hydrogen-bond acceptors (Lipinski definition) is 4. The summed E-state index contributed by atoms with van der Waals surface area (Å²) in [5, 5.41) is 30.2. The second-order valence-electron chi connectivity index (χ2n) is 4.13. The van der Waals surface area contributed by atoms with Gasteiger partial charge in [0, 0.05) is 5.69 Å². The molecule has 0 atom stereocenters. The molecule has 0 radical (unpaired) electrons. The average molecular weight is 291 g/mol. The number of amides is 1. The first kappa shape index (κ1) is 14.3. The summed E-state index contributed by atoms with van der Waals surface area (Å²) in [6.45, 7) is 0. The monoisotopic (exact) mass is 291 g/mol. The van der Waals surface area contributed by atoms with E-state index >= 15 is 0 Å². The first-order valence-electron chi connectivity index (χ1n) is 5.75. The van der Waals surface area contributed by atoms with Crippen molar-refractivity contribution in [2.45, 2.75) is 0 Å². The largest absolute Gasteiger partial charge is 0.507 e. The SMILES string of the molecule is O=C(O)c1cc(NC(=O)c2c(O)cccc2O)ccc1F. The van der Waals surface area contributed by atoms with Gasteiger partial charge in [-0.1, -0.05) is 6.07 Å². The Morgan fingerprint density at radius 1 is 1.05 bits per heavy atom. The molecule has 0 spiro atoms. The number of phenols is 2. The standard InChI is InChI=1S/C14H10FNO5/c15-9-5-4-7(6-8(9)14(20)21)16-13(19)12-10(17)2-1-3-11(12)18/h1-6,17-18H,(H,16,19)(H,20,21). The van der Waals surface area contributed by atoms with E-state index in [2.05, 4.69) is 5.32 Å². The summed E-state index contributed by atoms with van der Waals surface area (Å²) in [5.74, 6) is -4.14. The fourth-order valence-electron chi connectivity index (χ4n) is 1.72. The Bertz CT molecular complexity index is 709. The molecule has 0 aromatic heterocycles. The van der Waals surface area contributed by atoms with Gasteiger partial charge in [0.15, 0.2) is 0 Å². The number of nitrogens with one attached hydrogen (secondary N) is 1. The van der Waals surface area contributed by atoms with Crippen molar-refractivity contribution >= 4 is 17.6 Å². The third-order valence-electron chi connectivity index (χ3n) is 2.70. The van der Waals surface area contributed by atoms with Gasteiger partial charge in [-0.3, -0.25) is 4.79 Å². The van der Waals surface area contributed by atoms with E-state index < -0.39 is 34.8 Å². The summed E-state index contributed by atoms with van der Waals surface area (Å²) in [6.07, 6.45) is 0. The zero-order chi connectivity index (χ0) is 15.6. The minimum Gasteiger partial charge on any atom is -0.507 e. The van der Waals surface area contributed by atoms with Crippen LogP contribution in [0.15, 0.2) is 36.4 Å². The van der Waals surface area contributed by atoms with Crippen molar-refractivity contribution in [1.82, 2.24) is 0 Å². The van der Waals surface area contributed by atoms with E-state index in [1.165, 1.54) is 18.2 Å². The minimum atomic E-state index is -1.48. The normalized spacial score (nSPS) is 10.1. The number of benzene rings is 2. The zero-order valence-electron chi connectivity index (χ0n) is 10.5. The lowest BCUT2D eigenvalue weighted by atomic mass is 10.1. The molecule has 0 fully saturated rings. The Labute approximate surface area is 118 Å². The van der Waals surface area contributed by atoms with Gasteiger partial charge in [-0.25, -0.2) is 9.18 Å². The van der Waals surface area contributed by atoms with E-state index in [1.54, 1.807) is 0 Å². The maximum Gasteiger partial charge on any atom is 0.338 e. The van der Waals surface area contributed by atoms with Crippen LogP contribution in [0.25, 0.3) is 0 Å². The van der Waals surface area contributed by atoms with E-state index in [4.69, 9.17) is 5.11 Å². The molecule has 7 heteroatoms. The number of carboxylic acids is 1. The molecule has 0 saturated carbocycles. The number of aromatic carboxylic acids is 1. The van der Waals surface area contributed by atoms with Crippen LogP contribution >= 0.6 is 0 Å². The molecule has 4 N–H and O–H groups in total. The molecule has 21 heavy (non-hydrogen) atoms. The number of carbonyl (C=O) groups is 2. The predicted molar refractivity (Wildman–Crippen MR) is 71.1 cm³/mol. The van der Waals surface area contributed by atoms with Gasteiger partial charge in [0.2, 0.25) is 0 Å². The van der Waals surface area contributed by atoms with E-state index in [0.29, 0.717) is 0 Å². The number of carbonyl (C=O) groups excluding carboxylic acids is 1. The number of rotatable bonds is 3. The number of anilines is 1. The van der Waals surface area contributed by atoms with Gasteiger partial charge in [0.1, 0.15) is 22.9 Å². The third-order valence-corrected chi connectivity index (χ3v) is 2.70. The highest BCUT2D eigenvalue weighted by atomic mass is 19.1. The van der Waals surface area contributed by atoms with E-state index in [1.807, 2.05) is 0 Å². The molecule has 0 aliphatic heterocycles. The quantitative estimate of drug-likeness (QED) is 0.693. The fraction of sp³-hybridized carbons (Fsp3) is 0. The molecule has 0 saturated heterocycles. The van der Waals surface area contributed by atoms with Crippen molar-refractivity contribution in [2.24, 2.45) is 0 Å². The first-order valence-corrected chi connectivity index (χ1v) is 5.75. The molecular formula is C14H10FNO5. The Morgan fingerprint density at radius 2 is 1.67 bits per heavy atom. The molecule has 0 aliphatic rings. The van der Waals surface area contributed by atoms with Crippen molar-refractivity contribution in [1.29, 1.82) is 0 Å². The van der Waals surface area contributed by atoms with Crippen LogP contribution in [0, 0.1) is 5.82 Å². The summed E-state index contributed by atoms with van der Waals surface area (Å²) in [5.41, 5.74) is -0.950. The van der Waals surface area contributed by atoms with Crippen LogP contribution < -0.4 is 5.32 Å². The van der Waals surface area contributed by atoms with Crippen LogP contribution in [0.5, 0.6) is 11.5 Å². The smallest absolute Gasteiger partial charge is 0.338 e. The Balaban J connectivity index is 2.32. The number of carboxylic acid groups (broad SMARTS) is 1. The molecule has 2 rings (SSSR count). The van der Waals surface area contributed by atoms with Crippen molar-refractivity contribution in [3.05, 3.63) is 53.3 Å². The Morgan fingerprint density at radius 3 is 2.24 bits per heavy atom. The highest BCUT2D eigenvalue weighted by molar-refractivity contribution is 6.08. The van der Waals surface area contributed by atoms with Gasteiger partial charge in [0.25, 0.3) is 5.91 Å². The molecule has 0 bridgehead atoms. The lowest BCUT2D eigenvalue weighted by Crippen LogP contribution is -2.13. The summed E-state index contributed by atoms with van der Waals surface area (Å²) >= 11 is 0. The molecule has 0 unspecified atom stereocenters. The molecule has 2 aromatic carbocycles. The van der Waals surface area contributed by atoms with Crippen LogP contribution in [0.4, 0.5) is 10.1 Å². The van der Waals surface area contributed by atoms with E-state index in [9.17, 15) is 24.2 Å². The molecule has 2 aromatic rings. The summed E-state index contributed by atoms with van der Waals surface area (Å²) in [7, 11) is 0. The highest BCUT2D eigenvalue weighted by Gasteiger charge is 2.17. The van der Waals surface area contributed by atoms with Crippen LogP contribution in [0.1, 0.15) is 20.7 Å². The maximum atomic E-state index is 13.2. The fourth-order valence-corrected chi connectivity index (χ4v) is 1.72. The number of phenolic OH excluding ortho intramolecular Hbond substituents is 2. The van der Waals surface area contributed by atoms with Gasteiger partial charge in [-0.15, -0.1) is 0 Å². The van der Waals surface area contributed by atoms with Crippen molar-refractivity contribution in [3.63, 3.8) is 0 Å². The molecule has 108 valence electrons. The average Bonchev–Trinajstić information content (AvgIpc) is 2.40. The van der Waals surface area contributed by atoms with Crippen LogP contribution in [-0.4, -0.2) is 27.2 Å². The van der Waals surface area contributed by atoms with Gasteiger partial charge >= 0.3 is 5.97 Å². The van der Waals surface area contributed by atoms with Crippen LogP contribution in [0.3, 0.4) is 0 Å². The number of aromatic hydroxyl groups is 2. The maximum absolute atomic E-state index is 13.2. The Kier molecular flexibility index (Phi) is 3.75. The van der Waals surface area contributed by atoms with Crippen LogP contribution in [0.2, 0.25) is 0 Å². The van der Waals surface area contributed by atoms with Crippen molar-refractivity contribution in [3.8, 4) is 11.5 Å². The lowest BCUT2D eigenvalue weighted by Gasteiger charge is -2.09. The van der Waals surface area contributed by atoms with Gasteiger partial charge in [-0.2, -0.15) is 0 Å². The Hall–Kier alpha value is -3.09. The van der Waals surface area contributed by atoms with Crippen LogP contribution in [-0.2, 0) is 0 Å². The lowest BCUT2D eigenvalue weighted by molar-refractivity contribution is 0.0691. The minimum absolute atomic E-state index is 0.0152. The van der Waals surface area contributed by atoms with E-state index in [-0.39, 0.29) is 11.3 Å². The van der Waals surface area contributed by atoms with Gasteiger partial charge in [-0.05, 0) is 30.3 Å². The predicted octanol–water partition coefficient (Wildman–Crippen LogP) is 2.19. The first-order chi connectivity index (χ1) is 9.90. The topological polar surface area (TPSA) is 107 Å². The number of halogens is 1. The van der Waals surface area contributed by atoms with Gasteiger partial charge in [0.05, 0.1) is 5.56 Å². The second-order valence-corrected chi connectivity index (χ2v) is 4.13. The molecule has 6 nitrogen and oxygen atoms in total. The molecule has 1 amide bonds.